The lowest BCUT2D eigenvalue weighted by atomic mass is 9.66. The zero-order chi connectivity index (χ0) is 10.2. The van der Waals surface area contributed by atoms with E-state index >= 15 is 0 Å². The Kier molecular flexibility index (Phi) is 2.76. The van der Waals surface area contributed by atoms with Crippen LogP contribution in [-0.4, -0.2) is 29.7 Å². The second kappa shape index (κ2) is 3.63. The van der Waals surface area contributed by atoms with Crippen molar-refractivity contribution in [2.24, 2.45) is 5.41 Å². The van der Waals surface area contributed by atoms with Gasteiger partial charge in [0, 0.05) is 4.43 Å². The van der Waals surface area contributed by atoms with Gasteiger partial charge in [0.15, 0.2) is 0 Å². The van der Waals surface area contributed by atoms with Crippen LogP contribution in [0.2, 0.25) is 0 Å². The van der Waals surface area contributed by atoms with Crippen LogP contribution in [0.3, 0.4) is 0 Å². The first kappa shape index (κ1) is 10.7. The SMILES string of the molecule is COC(=O)C12CCC(CI)(CC1)OC2. The van der Waals surface area contributed by atoms with E-state index < -0.39 is 0 Å². The van der Waals surface area contributed by atoms with Crippen molar-refractivity contribution in [1.82, 2.24) is 0 Å². The Hall–Kier alpha value is 0.160. The third-order valence-corrected chi connectivity index (χ3v) is 5.03. The summed E-state index contributed by atoms with van der Waals surface area (Å²) in [5, 5.41) is 0. The van der Waals surface area contributed by atoms with Crippen LogP contribution in [0.15, 0.2) is 0 Å². The highest BCUT2D eigenvalue weighted by Gasteiger charge is 2.53. The zero-order valence-electron chi connectivity index (χ0n) is 8.35. The molecule has 0 amide bonds. The number of esters is 1. The number of ether oxygens (including phenoxy) is 2. The van der Waals surface area contributed by atoms with Crippen molar-refractivity contribution < 1.29 is 14.3 Å². The molecular weight excluding hydrogens is 295 g/mol. The first-order chi connectivity index (χ1) is 6.66. The summed E-state index contributed by atoms with van der Waals surface area (Å²) < 4.78 is 11.7. The lowest BCUT2D eigenvalue weighted by molar-refractivity contribution is -0.196. The van der Waals surface area contributed by atoms with Crippen molar-refractivity contribution in [1.29, 1.82) is 0 Å². The van der Waals surface area contributed by atoms with Crippen LogP contribution < -0.4 is 0 Å². The molecule has 3 fully saturated rings. The fourth-order valence-corrected chi connectivity index (χ4v) is 3.40. The van der Waals surface area contributed by atoms with Gasteiger partial charge in [-0.25, -0.2) is 0 Å². The molecule has 0 unspecified atom stereocenters. The number of hydrogen-bond donors (Lipinski definition) is 0. The molecule has 80 valence electrons. The van der Waals surface area contributed by atoms with Gasteiger partial charge in [-0.05, 0) is 25.7 Å². The summed E-state index contributed by atoms with van der Waals surface area (Å²) in [6, 6.07) is 0. The maximum absolute atomic E-state index is 11.6. The Labute approximate surface area is 97.7 Å². The minimum atomic E-state index is -0.317. The van der Waals surface area contributed by atoms with E-state index in [0.29, 0.717) is 6.61 Å². The molecule has 2 saturated heterocycles. The molecule has 0 aromatic carbocycles. The van der Waals surface area contributed by atoms with Crippen molar-refractivity contribution in [2.75, 3.05) is 18.1 Å². The molecule has 0 aromatic heterocycles. The van der Waals surface area contributed by atoms with Crippen molar-refractivity contribution >= 4 is 28.6 Å². The number of halogens is 1. The molecule has 0 spiro atoms. The van der Waals surface area contributed by atoms with Gasteiger partial charge in [-0.15, -0.1) is 0 Å². The monoisotopic (exact) mass is 310 g/mol. The summed E-state index contributed by atoms with van der Waals surface area (Å²) in [5.41, 5.74) is -0.251. The number of methoxy groups -OCH3 is 1. The van der Waals surface area contributed by atoms with Gasteiger partial charge in [0.2, 0.25) is 0 Å². The summed E-state index contributed by atoms with van der Waals surface area (Å²) in [5.74, 6) is -0.0840. The molecule has 2 bridgehead atoms. The quantitative estimate of drug-likeness (QED) is 0.444. The molecule has 2 aliphatic heterocycles. The number of fused-ring (bicyclic) bond motifs is 3. The average Bonchev–Trinajstić information content (AvgIpc) is 2.30. The van der Waals surface area contributed by atoms with E-state index in [2.05, 4.69) is 22.6 Å². The van der Waals surface area contributed by atoms with Gasteiger partial charge >= 0.3 is 5.97 Å². The Morgan fingerprint density at radius 1 is 1.43 bits per heavy atom. The molecule has 2 heterocycles. The molecule has 0 N–H and O–H groups in total. The Morgan fingerprint density at radius 2 is 2.07 bits per heavy atom. The summed E-state index contributed by atoms with van der Waals surface area (Å²) in [6.45, 7) is 0.558. The summed E-state index contributed by atoms with van der Waals surface area (Å²) in [6.07, 6.45) is 3.88. The van der Waals surface area contributed by atoms with Crippen molar-refractivity contribution in [3.05, 3.63) is 0 Å². The molecule has 3 rings (SSSR count). The maximum Gasteiger partial charge on any atom is 0.314 e. The fourth-order valence-electron chi connectivity index (χ4n) is 2.42. The van der Waals surface area contributed by atoms with Crippen LogP contribution in [-0.2, 0) is 14.3 Å². The molecule has 0 aromatic rings. The predicted octanol–water partition coefficient (Wildman–Crippen LogP) is 1.92. The van der Waals surface area contributed by atoms with E-state index in [4.69, 9.17) is 9.47 Å². The van der Waals surface area contributed by atoms with Crippen LogP contribution in [0.4, 0.5) is 0 Å². The minimum absolute atomic E-state index is 0.0658. The van der Waals surface area contributed by atoms with Crippen LogP contribution in [0.1, 0.15) is 25.7 Å². The Morgan fingerprint density at radius 3 is 2.43 bits per heavy atom. The van der Waals surface area contributed by atoms with Crippen LogP contribution >= 0.6 is 22.6 Å². The average molecular weight is 310 g/mol. The lowest BCUT2D eigenvalue weighted by Gasteiger charge is -2.50. The third-order valence-electron chi connectivity index (χ3n) is 3.63. The van der Waals surface area contributed by atoms with Crippen LogP contribution in [0.25, 0.3) is 0 Å². The lowest BCUT2D eigenvalue weighted by Crippen LogP contribution is -2.55. The summed E-state index contributed by atoms with van der Waals surface area (Å²) >= 11 is 2.37. The van der Waals surface area contributed by atoms with Crippen molar-refractivity contribution in [2.45, 2.75) is 31.3 Å². The smallest absolute Gasteiger partial charge is 0.314 e. The van der Waals surface area contributed by atoms with E-state index in [-0.39, 0.29) is 17.0 Å². The molecule has 4 heteroatoms. The molecule has 3 nitrogen and oxygen atoms in total. The molecule has 0 atom stereocenters. The fraction of sp³-hybridized carbons (Fsp3) is 0.900. The van der Waals surface area contributed by atoms with E-state index in [1.54, 1.807) is 0 Å². The maximum atomic E-state index is 11.6. The summed E-state index contributed by atoms with van der Waals surface area (Å²) in [7, 11) is 1.46. The molecule has 3 aliphatic rings. The number of hydrogen-bond acceptors (Lipinski definition) is 3. The largest absolute Gasteiger partial charge is 0.469 e. The van der Waals surface area contributed by atoms with Gasteiger partial charge < -0.3 is 9.47 Å². The second-order valence-corrected chi connectivity index (χ2v) is 5.14. The molecule has 1 aliphatic carbocycles. The topological polar surface area (TPSA) is 35.5 Å². The van der Waals surface area contributed by atoms with Crippen molar-refractivity contribution in [3.63, 3.8) is 0 Å². The molecular formula is C10H15IO3. The molecule has 1 saturated carbocycles. The van der Waals surface area contributed by atoms with E-state index in [0.717, 1.165) is 30.1 Å². The normalized spacial score (nSPS) is 41.0. The van der Waals surface area contributed by atoms with Gasteiger partial charge in [0.05, 0.1) is 24.7 Å². The van der Waals surface area contributed by atoms with Gasteiger partial charge in [-0.3, -0.25) is 4.79 Å². The van der Waals surface area contributed by atoms with E-state index in [1.807, 2.05) is 0 Å². The Balaban J connectivity index is 2.12. The molecule has 14 heavy (non-hydrogen) atoms. The zero-order valence-corrected chi connectivity index (χ0v) is 10.5. The van der Waals surface area contributed by atoms with Gasteiger partial charge in [-0.2, -0.15) is 0 Å². The van der Waals surface area contributed by atoms with Gasteiger partial charge in [0.1, 0.15) is 0 Å². The second-order valence-electron chi connectivity index (χ2n) is 4.38. The first-order valence-corrected chi connectivity index (χ1v) is 6.47. The number of carbonyl (C=O) groups excluding carboxylic acids is 1. The highest BCUT2D eigenvalue weighted by molar-refractivity contribution is 14.1. The van der Waals surface area contributed by atoms with Gasteiger partial charge in [-0.1, -0.05) is 22.6 Å². The number of carbonyl (C=O) groups is 1. The molecule has 0 radical (unpaired) electrons. The third kappa shape index (κ3) is 1.46. The number of rotatable bonds is 2. The van der Waals surface area contributed by atoms with Crippen molar-refractivity contribution in [3.8, 4) is 0 Å². The standard InChI is InChI=1S/C10H15IO3/c1-13-8(12)9-2-4-10(6-11,5-3-9)14-7-9/h2-7H2,1H3. The first-order valence-electron chi connectivity index (χ1n) is 4.95. The number of alkyl halides is 1. The minimum Gasteiger partial charge on any atom is -0.469 e. The van der Waals surface area contributed by atoms with E-state index in [9.17, 15) is 4.79 Å². The Bertz CT molecular complexity index is 227. The summed E-state index contributed by atoms with van der Waals surface area (Å²) in [4.78, 5) is 11.6. The van der Waals surface area contributed by atoms with Crippen LogP contribution in [0.5, 0.6) is 0 Å². The van der Waals surface area contributed by atoms with E-state index in [1.165, 1.54) is 7.11 Å². The highest BCUT2D eigenvalue weighted by Crippen LogP contribution is 2.49. The highest BCUT2D eigenvalue weighted by atomic mass is 127. The van der Waals surface area contributed by atoms with Gasteiger partial charge in [0.25, 0.3) is 0 Å². The van der Waals surface area contributed by atoms with Crippen LogP contribution in [0, 0.1) is 5.41 Å². The predicted molar refractivity (Wildman–Crippen MR) is 60.5 cm³/mol.